The van der Waals surface area contributed by atoms with E-state index >= 15 is 0 Å². The summed E-state index contributed by atoms with van der Waals surface area (Å²) < 4.78 is 10.2. The van der Waals surface area contributed by atoms with Crippen LogP contribution in [-0.4, -0.2) is 60.6 Å². The number of methoxy groups -OCH3 is 1. The zero-order valence-electron chi connectivity index (χ0n) is 15.4. The molecular weight excluding hydrogens is 340 g/mol. The molecule has 2 unspecified atom stereocenters. The van der Waals surface area contributed by atoms with E-state index in [0.29, 0.717) is 43.7 Å². The molecule has 1 fully saturated rings. The molecule has 1 aliphatic heterocycles. The fourth-order valence-electron chi connectivity index (χ4n) is 3.22. The number of carboxylic acids is 1. The smallest absolute Gasteiger partial charge is 0.311 e. The minimum Gasteiger partial charge on any atom is -0.481 e. The van der Waals surface area contributed by atoms with Crippen molar-refractivity contribution < 1.29 is 28.6 Å². The van der Waals surface area contributed by atoms with Crippen LogP contribution in [0.5, 0.6) is 0 Å². The Balaban J connectivity index is 2.13. The van der Waals surface area contributed by atoms with Gasteiger partial charge in [0.1, 0.15) is 12.2 Å². The summed E-state index contributed by atoms with van der Waals surface area (Å²) in [4.78, 5) is 38.0. The van der Waals surface area contributed by atoms with E-state index in [4.69, 9.17) is 14.3 Å². The van der Waals surface area contributed by atoms with Crippen molar-refractivity contribution in [3.63, 3.8) is 0 Å². The lowest BCUT2D eigenvalue weighted by Crippen LogP contribution is -2.50. The van der Waals surface area contributed by atoms with Gasteiger partial charge in [-0.15, -0.1) is 0 Å². The van der Waals surface area contributed by atoms with Crippen molar-refractivity contribution in [2.75, 3.05) is 26.8 Å². The van der Waals surface area contributed by atoms with Crippen molar-refractivity contribution in [3.05, 3.63) is 23.2 Å². The first-order valence-corrected chi connectivity index (χ1v) is 8.71. The third-order valence-corrected chi connectivity index (χ3v) is 4.70. The summed E-state index contributed by atoms with van der Waals surface area (Å²) >= 11 is 0. The number of hydrogen-bond donors (Lipinski definition) is 2. The number of aryl methyl sites for hydroxylation is 1. The molecule has 1 saturated heterocycles. The Morgan fingerprint density at radius 1 is 1.38 bits per heavy atom. The van der Waals surface area contributed by atoms with E-state index in [2.05, 4.69) is 5.32 Å². The lowest BCUT2D eigenvalue weighted by molar-refractivity contribution is -0.136. The van der Waals surface area contributed by atoms with E-state index in [9.17, 15) is 14.4 Å². The van der Waals surface area contributed by atoms with Crippen LogP contribution in [0.15, 0.2) is 10.7 Å². The number of rotatable bonds is 7. The quantitative estimate of drug-likeness (QED) is 0.702. The summed E-state index contributed by atoms with van der Waals surface area (Å²) in [6, 6.07) is -0.0301. The molecule has 0 bridgehead atoms. The van der Waals surface area contributed by atoms with Crippen molar-refractivity contribution in [1.82, 2.24) is 10.2 Å². The summed E-state index contributed by atoms with van der Waals surface area (Å²) in [5.74, 6) is -1.58. The van der Waals surface area contributed by atoms with Crippen LogP contribution in [0.4, 0.5) is 0 Å². The number of carbonyl (C=O) groups is 3. The normalized spacial score (nSPS) is 20.0. The van der Waals surface area contributed by atoms with Crippen molar-refractivity contribution >= 4 is 17.8 Å². The van der Waals surface area contributed by atoms with E-state index in [1.807, 2.05) is 6.92 Å². The molecule has 1 aromatic heterocycles. The van der Waals surface area contributed by atoms with Gasteiger partial charge in [0, 0.05) is 31.8 Å². The van der Waals surface area contributed by atoms with Crippen LogP contribution in [0.1, 0.15) is 41.4 Å². The first-order valence-electron chi connectivity index (χ1n) is 8.71. The molecule has 8 nitrogen and oxygen atoms in total. The summed E-state index contributed by atoms with van der Waals surface area (Å²) in [7, 11) is 1.57. The molecule has 0 radical (unpaired) electrons. The Bertz CT molecular complexity index is 669. The zero-order chi connectivity index (χ0) is 19.3. The molecule has 0 saturated carbocycles. The van der Waals surface area contributed by atoms with Crippen molar-refractivity contribution in [2.24, 2.45) is 5.92 Å². The molecule has 1 aliphatic rings. The molecule has 1 aromatic rings. The van der Waals surface area contributed by atoms with Crippen molar-refractivity contribution in [3.8, 4) is 0 Å². The number of carboxylic acid groups (broad SMARTS) is 1. The number of piperidine rings is 1. The maximum atomic E-state index is 13.0. The first kappa shape index (κ1) is 20.0. The zero-order valence-corrected chi connectivity index (χ0v) is 15.4. The highest BCUT2D eigenvalue weighted by Gasteiger charge is 2.35. The average molecular weight is 366 g/mol. The second-order valence-electron chi connectivity index (χ2n) is 6.65. The summed E-state index contributed by atoms with van der Waals surface area (Å²) in [6.07, 6.45) is 2.46. The van der Waals surface area contributed by atoms with Gasteiger partial charge in [0.25, 0.3) is 5.91 Å². The maximum absolute atomic E-state index is 13.0. The Kier molecular flexibility index (Phi) is 6.79. The molecule has 0 spiro atoms. The molecule has 0 aliphatic carbocycles. The Hall–Kier alpha value is -2.35. The molecule has 2 heterocycles. The minimum atomic E-state index is -1.06. The third kappa shape index (κ3) is 4.63. The van der Waals surface area contributed by atoms with Gasteiger partial charge in [-0.05, 0) is 26.7 Å². The van der Waals surface area contributed by atoms with E-state index in [1.165, 1.54) is 6.26 Å². The number of likely N-dealkylation sites (tertiary alicyclic amines) is 1. The summed E-state index contributed by atoms with van der Waals surface area (Å²) in [5.41, 5.74) is 0.893. The molecule has 0 aromatic carbocycles. The lowest BCUT2D eigenvalue weighted by atomic mass is 9.91. The second-order valence-corrected chi connectivity index (χ2v) is 6.65. The van der Waals surface area contributed by atoms with Crippen LogP contribution >= 0.6 is 0 Å². The molecule has 2 atom stereocenters. The molecule has 26 heavy (non-hydrogen) atoms. The van der Waals surface area contributed by atoms with Gasteiger partial charge in [-0.3, -0.25) is 14.4 Å². The minimum absolute atomic E-state index is 0.0301. The highest BCUT2D eigenvalue weighted by molar-refractivity contribution is 5.98. The SMILES string of the molecule is COCCNC(=O)C1CCC(C)N(C(=O)c2c(C)coc2CC(=O)O)C1. The Morgan fingerprint density at radius 2 is 2.12 bits per heavy atom. The number of nitrogens with zero attached hydrogens (tertiary/aromatic N) is 1. The Labute approximate surface area is 152 Å². The number of carbonyl (C=O) groups excluding carboxylic acids is 2. The first-order chi connectivity index (χ1) is 12.3. The Morgan fingerprint density at radius 3 is 2.77 bits per heavy atom. The lowest BCUT2D eigenvalue weighted by Gasteiger charge is -2.37. The van der Waals surface area contributed by atoms with Gasteiger partial charge in [-0.25, -0.2) is 0 Å². The van der Waals surface area contributed by atoms with Gasteiger partial charge < -0.3 is 24.5 Å². The predicted molar refractivity (Wildman–Crippen MR) is 92.9 cm³/mol. The topological polar surface area (TPSA) is 109 Å². The van der Waals surface area contributed by atoms with Gasteiger partial charge in [-0.2, -0.15) is 0 Å². The van der Waals surface area contributed by atoms with Crippen LogP contribution < -0.4 is 5.32 Å². The van der Waals surface area contributed by atoms with E-state index in [1.54, 1.807) is 18.9 Å². The standard InChI is InChI=1S/C18H26N2O6/c1-11-10-26-14(8-15(21)22)16(11)18(24)20-9-13(5-4-12(20)2)17(23)19-6-7-25-3/h10,12-13H,4-9H2,1-3H3,(H,19,23)(H,21,22). The van der Waals surface area contributed by atoms with Gasteiger partial charge in [0.2, 0.25) is 5.91 Å². The highest BCUT2D eigenvalue weighted by Crippen LogP contribution is 2.27. The van der Waals surface area contributed by atoms with E-state index in [0.717, 1.165) is 0 Å². The summed E-state index contributed by atoms with van der Waals surface area (Å²) in [6.45, 7) is 4.81. The predicted octanol–water partition coefficient (Wildman–Crippen LogP) is 1.22. The highest BCUT2D eigenvalue weighted by atomic mass is 16.5. The van der Waals surface area contributed by atoms with Gasteiger partial charge >= 0.3 is 5.97 Å². The van der Waals surface area contributed by atoms with Crippen LogP contribution in [0.3, 0.4) is 0 Å². The van der Waals surface area contributed by atoms with Crippen molar-refractivity contribution in [1.29, 1.82) is 0 Å². The molecular formula is C18H26N2O6. The van der Waals surface area contributed by atoms with Crippen molar-refractivity contribution in [2.45, 2.75) is 39.2 Å². The number of furan rings is 1. The molecule has 144 valence electrons. The van der Waals surface area contributed by atoms with Crippen LogP contribution in [-0.2, 0) is 20.7 Å². The van der Waals surface area contributed by atoms with Gasteiger partial charge in [0.15, 0.2) is 0 Å². The number of ether oxygens (including phenoxy) is 1. The molecule has 2 rings (SSSR count). The average Bonchev–Trinajstić information content (AvgIpc) is 2.94. The molecule has 2 amide bonds. The fourth-order valence-corrected chi connectivity index (χ4v) is 3.22. The van der Waals surface area contributed by atoms with Crippen LogP contribution in [0, 0.1) is 12.8 Å². The molecule has 8 heteroatoms. The van der Waals surface area contributed by atoms with E-state index < -0.39 is 5.97 Å². The second kappa shape index (κ2) is 8.84. The largest absolute Gasteiger partial charge is 0.481 e. The monoisotopic (exact) mass is 366 g/mol. The maximum Gasteiger partial charge on any atom is 0.311 e. The van der Waals surface area contributed by atoms with Gasteiger partial charge in [-0.1, -0.05) is 0 Å². The van der Waals surface area contributed by atoms with Crippen LogP contribution in [0.2, 0.25) is 0 Å². The fraction of sp³-hybridized carbons (Fsp3) is 0.611. The van der Waals surface area contributed by atoms with E-state index in [-0.39, 0.29) is 36.0 Å². The van der Waals surface area contributed by atoms with Gasteiger partial charge in [0.05, 0.1) is 24.4 Å². The number of amides is 2. The number of aliphatic carboxylic acids is 1. The summed E-state index contributed by atoms with van der Waals surface area (Å²) in [5, 5.41) is 11.8. The van der Waals surface area contributed by atoms with Crippen LogP contribution in [0.25, 0.3) is 0 Å². The molecule has 2 N–H and O–H groups in total. The third-order valence-electron chi connectivity index (χ3n) is 4.70. The number of hydrogen-bond acceptors (Lipinski definition) is 5. The number of nitrogens with one attached hydrogen (secondary N) is 1.